The van der Waals surface area contributed by atoms with Crippen molar-refractivity contribution in [3.8, 4) is 0 Å². The summed E-state index contributed by atoms with van der Waals surface area (Å²) in [6.07, 6.45) is 4.11. The summed E-state index contributed by atoms with van der Waals surface area (Å²) >= 11 is 0. The van der Waals surface area contributed by atoms with Gasteiger partial charge in [-0.25, -0.2) is 0 Å². The standard InChI is InChI=1S/C10H21NO/c1-3-8(2)7-12-10-4-9(5-10)6-11/h8-10H,3-7,11H2,1-2H3. The van der Waals surface area contributed by atoms with Crippen LogP contribution in [-0.4, -0.2) is 19.3 Å². The van der Waals surface area contributed by atoms with Crippen molar-refractivity contribution in [2.75, 3.05) is 13.2 Å². The van der Waals surface area contributed by atoms with E-state index in [1.54, 1.807) is 0 Å². The van der Waals surface area contributed by atoms with Gasteiger partial charge >= 0.3 is 0 Å². The summed E-state index contributed by atoms with van der Waals surface area (Å²) in [5.74, 6) is 1.45. The van der Waals surface area contributed by atoms with Gasteiger partial charge in [0.25, 0.3) is 0 Å². The second-order valence-corrected chi connectivity index (χ2v) is 4.04. The zero-order valence-corrected chi connectivity index (χ0v) is 8.25. The second kappa shape index (κ2) is 4.83. The van der Waals surface area contributed by atoms with Crippen LogP contribution in [0.15, 0.2) is 0 Å². The lowest BCUT2D eigenvalue weighted by Gasteiger charge is -2.34. The van der Waals surface area contributed by atoms with E-state index in [4.69, 9.17) is 10.5 Å². The number of hydrogen-bond donors (Lipinski definition) is 1. The van der Waals surface area contributed by atoms with Gasteiger partial charge in [0.05, 0.1) is 6.10 Å². The van der Waals surface area contributed by atoms with Crippen molar-refractivity contribution in [2.45, 2.75) is 39.2 Å². The Labute approximate surface area is 75.5 Å². The van der Waals surface area contributed by atoms with Crippen LogP contribution in [0.5, 0.6) is 0 Å². The van der Waals surface area contributed by atoms with E-state index in [1.165, 1.54) is 19.3 Å². The highest BCUT2D eigenvalue weighted by atomic mass is 16.5. The van der Waals surface area contributed by atoms with E-state index in [1.807, 2.05) is 0 Å². The Bertz CT molecular complexity index is 121. The largest absolute Gasteiger partial charge is 0.378 e. The molecule has 0 radical (unpaired) electrons. The molecule has 0 spiro atoms. The molecule has 1 atom stereocenters. The van der Waals surface area contributed by atoms with E-state index in [0.29, 0.717) is 12.0 Å². The molecule has 0 bridgehead atoms. The number of rotatable bonds is 5. The van der Waals surface area contributed by atoms with Gasteiger partial charge in [-0.2, -0.15) is 0 Å². The van der Waals surface area contributed by atoms with Gasteiger partial charge in [0.2, 0.25) is 0 Å². The molecular formula is C10H21NO. The average molecular weight is 171 g/mol. The summed E-state index contributed by atoms with van der Waals surface area (Å²) < 4.78 is 5.71. The van der Waals surface area contributed by atoms with E-state index >= 15 is 0 Å². The first-order chi connectivity index (χ1) is 5.76. The number of nitrogens with two attached hydrogens (primary N) is 1. The first-order valence-electron chi connectivity index (χ1n) is 5.07. The van der Waals surface area contributed by atoms with Crippen LogP contribution in [-0.2, 0) is 4.74 Å². The molecule has 2 nitrogen and oxygen atoms in total. The van der Waals surface area contributed by atoms with Crippen LogP contribution in [0.2, 0.25) is 0 Å². The maximum Gasteiger partial charge on any atom is 0.0581 e. The van der Waals surface area contributed by atoms with Crippen LogP contribution in [0, 0.1) is 11.8 Å². The van der Waals surface area contributed by atoms with Gasteiger partial charge in [-0.15, -0.1) is 0 Å². The molecule has 1 fully saturated rings. The van der Waals surface area contributed by atoms with E-state index in [-0.39, 0.29) is 0 Å². The third-order valence-electron chi connectivity index (χ3n) is 2.84. The number of ether oxygens (including phenoxy) is 1. The lowest BCUT2D eigenvalue weighted by atomic mass is 9.82. The second-order valence-electron chi connectivity index (χ2n) is 4.04. The first-order valence-corrected chi connectivity index (χ1v) is 5.07. The molecule has 1 saturated carbocycles. The molecular weight excluding hydrogens is 150 g/mol. The fourth-order valence-corrected chi connectivity index (χ4v) is 1.42. The molecule has 0 amide bonds. The summed E-state index contributed by atoms with van der Waals surface area (Å²) in [6, 6.07) is 0. The zero-order valence-electron chi connectivity index (χ0n) is 8.25. The maximum atomic E-state index is 5.71. The summed E-state index contributed by atoms with van der Waals surface area (Å²) in [5, 5.41) is 0. The van der Waals surface area contributed by atoms with Crippen molar-refractivity contribution in [1.29, 1.82) is 0 Å². The Kier molecular flexibility index (Phi) is 4.02. The van der Waals surface area contributed by atoms with Gasteiger partial charge in [0.15, 0.2) is 0 Å². The molecule has 1 aliphatic rings. The van der Waals surface area contributed by atoms with Crippen LogP contribution < -0.4 is 5.73 Å². The summed E-state index contributed by atoms with van der Waals surface area (Å²) in [7, 11) is 0. The Balaban J connectivity index is 1.96. The summed E-state index contributed by atoms with van der Waals surface area (Å²) in [5.41, 5.74) is 5.52. The predicted molar refractivity (Wildman–Crippen MR) is 51.0 cm³/mol. The van der Waals surface area contributed by atoms with Crippen LogP contribution in [0.25, 0.3) is 0 Å². The third kappa shape index (κ3) is 2.76. The highest BCUT2D eigenvalue weighted by Crippen LogP contribution is 2.29. The summed E-state index contributed by atoms with van der Waals surface area (Å²) in [4.78, 5) is 0. The Hall–Kier alpha value is -0.0800. The molecule has 2 heteroatoms. The van der Waals surface area contributed by atoms with Crippen LogP contribution in [0.1, 0.15) is 33.1 Å². The molecule has 0 aromatic heterocycles. The lowest BCUT2D eigenvalue weighted by Crippen LogP contribution is -2.36. The zero-order chi connectivity index (χ0) is 8.97. The van der Waals surface area contributed by atoms with Crippen molar-refractivity contribution in [3.05, 3.63) is 0 Å². The molecule has 72 valence electrons. The monoisotopic (exact) mass is 171 g/mol. The smallest absolute Gasteiger partial charge is 0.0581 e. The van der Waals surface area contributed by atoms with E-state index < -0.39 is 0 Å². The molecule has 12 heavy (non-hydrogen) atoms. The average Bonchev–Trinajstić information content (AvgIpc) is 2.01. The lowest BCUT2D eigenvalue weighted by molar-refractivity contribution is -0.0407. The third-order valence-corrected chi connectivity index (χ3v) is 2.84. The molecule has 1 rings (SSSR count). The van der Waals surface area contributed by atoms with Gasteiger partial charge in [-0.05, 0) is 31.2 Å². The van der Waals surface area contributed by atoms with Gasteiger partial charge in [-0.1, -0.05) is 20.3 Å². The minimum atomic E-state index is 0.521. The quantitative estimate of drug-likeness (QED) is 0.684. The molecule has 1 unspecified atom stereocenters. The van der Waals surface area contributed by atoms with Crippen molar-refractivity contribution >= 4 is 0 Å². The topological polar surface area (TPSA) is 35.2 Å². The van der Waals surface area contributed by atoms with E-state index in [9.17, 15) is 0 Å². The highest BCUT2D eigenvalue weighted by molar-refractivity contribution is 4.80. The molecule has 0 aromatic carbocycles. The van der Waals surface area contributed by atoms with Crippen molar-refractivity contribution < 1.29 is 4.74 Å². The molecule has 1 aliphatic carbocycles. The minimum Gasteiger partial charge on any atom is -0.378 e. The molecule has 0 aliphatic heterocycles. The Morgan fingerprint density at radius 1 is 1.50 bits per heavy atom. The van der Waals surface area contributed by atoms with Crippen LogP contribution in [0.4, 0.5) is 0 Å². The van der Waals surface area contributed by atoms with Crippen LogP contribution >= 0.6 is 0 Å². The van der Waals surface area contributed by atoms with Crippen LogP contribution in [0.3, 0.4) is 0 Å². The van der Waals surface area contributed by atoms with Crippen molar-refractivity contribution in [3.63, 3.8) is 0 Å². The Morgan fingerprint density at radius 3 is 2.67 bits per heavy atom. The van der Waals surface area contributed by atoms with Gasteiger partial charge in [0, 0.05) is 6.61 Å². The van der Waals surface area contributed by atoms with E-state index in [0.717, 1.165) is 19.1 Å². The highest BCUT2D eigenvalue weighted by Gasteiger charge is 2.28. The SMILES string of the molecule is CCC(C)COC1CC(CN)C1. The first kappa shape index (κ1) is 10.0. The van der Waals surface area contributed by atoms with Gasteiger partial charge in [0.1, 0.15) is 0 Å². The maximum absolute atomic E-state index is 5.71. The predicted octanol–water partition coefficient (Wildman–Crippen LogP) is 1.79. The Morgan fingerprint density at radius 2 is 2.17 bits per heavy atom. The molecule has 0 heterocycles. The summed E-state index contributed by atoms with van der Waals surface area (Å²) in [6.45, 7) is 6.21. The fourth-order valence-electron chi connectivity index (χ4n) is 1.42. The molecule has 0 saturated heterocycles. The van der Waals surface area contributed by atoms with E-state index in [2.05, 4.69) is 13.8 Å². The number of hydrogen-bond acceptors (Lipinski definition) is 2. The normalized spacial score (nSPS) is 31.2. The van der Waals surface area contributed by atoms with Crippen molar-refractivity contribution in [1.82, 2.24) is 0 Å². The fraction of sp³-hybridized carbons (Fsp3) is 1.00. The van der Waals surface area contributed by atoms with Gasteiger partial charge in [-0.3, -0.25) is 0 Å². The van der Waals surface area contributed by atoms with Crippen molar-refractivity contribution in [2.24, 2.45) is 17.6 Å². The molecule has 2 N–H and O–H groups in total. The minimum absolute atomic E-state index is 0.521. The molecule has 0 aromatic rings. The van der Waals surface area contributed by atoms with Gasteiger partial charge < -0.3 is 10.5 Å².